The Bertz CT molecular complexity index is 513. The van der Waals surface area contributed by atoms with Gasteiger partial charge in [-0.15, -0.1) is 11.3 Å². The summed E-state index contributed by atoms with van der Waals surface area (Å²) in [6, 6.07) is 1.74. The summed E-state index contributed by atoms with van der Waals surface area (Å²) in [6.07, 6.45) is 0. The van der Waals surface area contributed by atoms with Gasteiger partial charge in [0.2, 0.25) is 10.0 Å². The molecule has 0 aromatic carbocycles. The Morgan fingerprint density at radius 1 is 1.53 bits per heavy atom. The minimum atomic E-state index is -3.32. The lowest BCUT2D eigenvalue weighted by molar-refractivity contribution is 0.424. The van der Waals surface area contributed by atoms with E-state index >= 15 is 0 Å². The second-order valence-electron chi connectivity index (χ2n) is 4.53. The van der Waals surface area contributed by atoms with Crippen LogP contribution in [0.5, 0.6) is 0 Å². The van der Waals surface area contributed by atoms with Gasteiger partial charge in [-0.25, -0.2) is 8.42 Å². The summed E-state index contributed by atoms with van der Waals surface area (Å²) in [5, 5.41) is 5.44. The quantitative estimate of drug-likeness (QED) is 0.901. The summed E-state index contributed by atoms with van der Waals surface area (Å²) in [4.78, 5) is 1.39. The first-order valence-corrected chi connectivity index (χ1v) is 9.81. The van der Waals surface area contributed by atoms with Crippen LogP contribution >= 0.6 is 23.1 Å². The summed E-state index contributed by atoms with van der Waals surface area (Å²) in [7, 11) is -3.32. The van der Waals surface area contributed by atoms with Gasteiger partial charge in [0.15, 0.2) is 0 Å². The Labute approximate surface area is 123 Å². The molecule has 0 radical (unpaired) electrons. The Morgan fingerprint density at radius 3 is 3.00 bits per heavy atom. The lowest BCUT2D eigenvalue weighted by atomic mass is 10.4. The molecular formula is C12H20N2O2S3. The van der Waals surface area contributed by atoms with Gasteiger partial charge in [0.05, 0.1) is 4.90 Å². The van der Waals surface area contributed by atoms with Crippen LogP contribution < -0.4 is 5.32 Å². The van der Waals surface area contributed by atoms with Crippen molar-refractivity contribution in [1.29, 1.82) is 0 Å². The third-order valence-corrected chi connectivity index (χ3v) is 7.20. The standard InChI is InChI=1S/C12H20N2O2S3/c1-3-13-8-11-12(4-6-18-11)19(15,16)14-5-7-17-10(2)9-14/h4,6,10,13H,3,5,7-9H2,1-2H3. The molecule has 0 saturated carbocycles. The van der Waals surface area contributed by atoms with Gasteiger partial charge in [0.25, 0.3) is 0 Å². The monoisotopic (exact) mass is 320 g/mol. The molecule has 1 aromatic heterocycles. The molecule has 2 heterocycles. The molecule has 4 nitrogen and oxygen atoms in total. The fraction of sp³-hybridized carbons (Fsp3) is 0.667. The molecule has 1 unspecified atom stereocenters. The average molecular weight is 321 g/mol. The summed E-state index contributed by atoms with van der Waals surface area (Å²) in [6.45, 7) is 6.80. The number of thiophene rings is 1. The maximum atomic E-state index is 12.7. The van der Waals surface area contributed by atoms with Crippen molar-refractivity contribution in [3.63, 3.8) is 0 Å². The molecule has 1 saturated heterocycles. The summed E-state index contributed by atoms with van der Waals surface area (Å²) in [5.41, 5.74) is 0. The SMILES string of the molecule is CCNCc1sccc1S(=O)(=O)N1CCSC(C)C1. The minimum absolute atomic E-state index is 0.374. The first kappa shape index (κ1) is 15.3. The normalized spacial score (nSPS) is 21.7. The molecular weight excluding hydrogens is 300 g/mol. The van der Waals surface area contributed by atoms with Crippen molar-refractivity contribution in [3.8, 4) is 0 Å². The zero-order valence-electron chi connectivity index (χ0n) is 11.3. The van der Waals surface area contributed by atoms with Gasteiger partial charge in [-0.3, -0.25) is 0 Å². The molecule has 1 atom stereocenters. The maximum Gasteiger partial charge on any atom is 0.244 e. The van der Waals surface area contributed by atoms with Crippen molar-refractivity contribution in [1.82, 2.24) is 9.62 Å². The number of hydrogen-bond acceptors (Lipinski definition) is 5. The van der Waals surface area contributed by atoms with E-state index in [0.717, 1.165) is 17.2 Å². The number of sulfonamides is 1. The predicted octanol–water partition coefficient (Wildman–Crippen LogP) is 1.98. The topological polar surface area (TPSA) is 49.4 Å². The van der Waals surface area contributed by atoms with Gasteiger partial charge < -0.3 is 5.32 Å². The Balaban J connectivity index is 2.21. The van der Waals surface area contributed by atoms with Crippen LogP contribution in [0.4, 0.5) is 0 Å². The molecule has 1 aliphatic rings. The van der Waals surface area contributed by atoms with Gasteiger partial charge in [-0.1, -0.05) is 13.8 Å². The van der Waals surface area contributed by atoms with Crippen LogP contribution in [0.25, 0.3) is 0 Å². The van der Waals surface area contributed by atoms with Crippen LogP contribution in [-0.2, 0) is 16.6 Å². The second kappa shape index (κ2) is 6.58. The van der Waals surface area contributed by atoms with Crippen LogP contribution in [0, 0.1) is 0 Å². The fourth-order valence-electron chi connectivity index (χ4n) is 2.07. The van der Waals surface area contributed by atoms with Gasteiger partial charge >= 0.3 is 0 Å². The Morgan fingerprint density at radius 2 is 2.32 bits per heavy atom. The number of nitrogens with zero attached hydrogens (tertiary/aromatic N) is 1. The zero-order valence-corrected chi connectivity index (χ0v) is 13.7. The Kier molecular flexibility index (Phi) is 5.30. The molecule has 1 N–H and O–H groups in total. The number of hydrogen-bond donors (Lipinski definition) is 1. The molecule has 2 rings (SSSR count). The third-order valence-electron chi connectivity index (χ3n) is 3.06. The van der Waals surface area contributed by atoms with E-state index in [1.54, 1.807) is 10.4 Å². The molecule has 7 heteroatoms. The predicted molar refractivity (Wildman–Crippen MR) is 82.4 cm³/mol. The molecule has 108 valence electrons. The molecule has 0 aliphatic carbocycles. The van der Waals surface area contributed by atoms with Gasteiger partial charge in [-0.2, -0.15) is 16.1 Å². The first-order chi connectivity index (χ1) is 9.05. The molecule has 1 aromatic rings. The highest BCUT2D eigenvalue weighted by Gasteiger charge is 2.30. The summed E-state index contributed by atoms with van der Waals surface area (Å²) >= 11 is 3.35. The molecule has 0 bridgehead atoms. The highest BCUT2D eigenvalue weighted by molar-refractivity contribution is 8.00. The highest BCUT2D eigenvalue weighted by atomic mass is 32.2. The third kappa shape index (κ3) is 3.52. The summed E-state index contributed by atoms with van der Waals surface area (Å²) in [5.74, 6) is 0.882. The molecule has 0 spiro atoms. The number of thioether (sulfide) groups is 1. The van der Waals surface area contributed by atoms with E-state index in [-0.39, 0.29) is 0 Å². The zero-order chi connectivity index (χ0) is 13.9. The molecule has 0 amide bonds. The van der Waals surface area contributed by atoms with Crippen molar-refractivity contribution in [2.75, 3.05) is 25.4 Å². The highest BCUT2D eigenvalue weighted by Crippen LogP contribution is 2.28. The van der Waals surface area contributed by atoms with Crippen molar-refractivity contribution in [3.05, 3.63) is 16.3 Å². The first-order valence-electron chi connectivity index (χ1n) is 6.44. The van der Waals surface area contributed by atoms with Crippen molar-refractivity contribution >= 4 is 33.1 Å². The minimum Gasteiger partial charge on any atom is -0.312 e. The van der Waals surface area contributed by atoms with E-state index in [9.17, 15) is 8.42 Å². The van der Waals surface area contributed by atoms with E-state index in [2.05, 4.69) is 12.2 Å². The second-order valence-corrected chi connectivity index (χ2v) is 8.99. The lowest BCUT2D eigenvalue weighted by Crippen LogP contribution is -2.41. The largest absolute Gasteiger partial charge is 0.312 e. The number of rotatable bonds is 5. The van der Waals surface area contributed by atoms with Gasteiger partial charge in [0.1, 0.15) is 0 Å². The number of nitrogens with one attached hydrogen (secondary N) is 1. The van der Waals surface area contributed by atoms with E-state index in [4.69, 9.17) is 0 Å². The Hall–Kier alpha value is -0.0800. The van der Waals surface area contributed by atoms with Crippen molar-refractivity contribution in [2.24, 2.45) is 0 Å². The molecule has 19 heavy (non-hydrogen) atoms. The average Bonchev–Trinajstić information content (AvgIpc) is 2.85. The summed E-state index contributed by atoms with van der Waals surface area (Å²) < 4.78 is 27.0. The van der Waals surface area contributed by atoms with Crippen LogP contribution in [0.1, 0.15) is 18.7 Å². The van der Waals surface area contributed by atoms with Crippen LogP contribution in [0.2, 0.25) is 0 Å². The van der Waals surface area contributed by atoms with Crippen LogP contribution in [0.15, 0.2) is 16.3 Å². The van der Waals surface area contributed by atoms with Gasteiger partial charge in [-0.05, 0) is 18.0 Å². The lowest BCUT2D eigenvalue weighted by Gasteiger charge is -2.29. The van der Waals surface area contributed by atoms with Crippen molar-refractivity contribution < 1.29 is 8.42 Å². The van der Waals surface area contributed by atoms with Crippen molar-refractivity contribution in [2.45, 2.75) is 30.5 Å². The van der Waals surface area contributed by atoms with E-state index in [1.165, 1.54) is 11.3 Å². The van der Waals surface area contributed by atoms with E-state index in [1.807, 2.05) is 24.1 Å². The molecule has 1 fully saturated rings. The van der Waals surface area contributed by atoms with E-state index < -0.39 is 10.0 Å². The smallest absolute Gasteiger partial charge is 0.244 e. The van der Waals surface area contributed by atoms with Gasteiger partial charge in [0, 0.05) is 35.5 Å². The maximum absolute atomic E-state index is 12.7. The van der Waals surface area contributed by atoms with Crippen LogP contribution in [0.3, 0.4) is 0 Å². The molecule has 1 aliphatic heterocycles. The van der Waals surface area contributed by atoms with Crippen LogP contribution in [-0.4, -0.2) is 43.4 Å². The van der Waals surface area contributed by atoms with E-state index in [0.29, 0.717) is 29.8 Å². The fourth-order valence-corrected chi connectivity index (χ4v) is 6.21.